The zero-order chi connectivity index (χ0) is 30.3. The van der Waals surface area contributed by atoms with Gasteiger partial charge in [0.25, 0.3) is 5.91 Å². The van der Waals surface area contributed by atoms with Crippen molar-refractivity contribution in [3.05, 3.63) is 94.0 Å². The Kier molecular flexibility index (Phi) is 10.1. The van der Waals surface area contributed by atoms with Gasteiger partial charge in [0.2, 0.25) is 0 Å². The highest BCUT2D eigenvalue weighted by Gasteiger charge is 2.32. The first-order chi connectivity index (χ1) is 20.9. The van der Waals surface area contributed by atoms with Gasteiger partial charge in [0, 0.05) is 23.9 Å². The molecule has 0 unspecified atom stereocenters. The Bertz CT molecular complexity index is 1660. The first kappa shape index (κ1) is 30.7. The van der Waals surface area contributed by atoms with Gasteiger partial charge >= 0.3 is 0 Å². The molecule has 1 fully saturated rings. The maximum atomic E-state index is 13.6. The SMILES string of the molecule is CCCCOc1ccc(-c2nn(-c3ccccc3)cc2/C=C2\SC(=S)N(CCc3ccc(OC)c(OC)c3)C2=O)cc1Cl. The number of amides is 1. The molecule has 43 heavy (non-hydrogen) atoms. The average Bonchev–Trinajstić information content (AvgIpc) is 3.56. The number of unbranched alkanes of at least 4 members (excludes halogenated alkanes) is 1. The number of benzene rings is 3. The topological polar surface area (TPSA) is 65.8 Å². The summed E-state index contributed by atoms with van der Waals surface area (Å²) in [5.74, 6) is 1.81. The zero-order valence-electron chi connectivity index (χ0n) is 24.2. The Morgan fingerprint density at radius 1 is 1.00 bits per heavy atom. The molecule has 1 aliphatic heterocycles. The van der Waals surface area contributed by atoms with Crippen LogP contribution in [0.15, 0.2) is 77.8 Å². The Morgan fingerprint density at radius 2 is 1.77 bits per heavy atom. The summed E-state index contributed by atoms with van der Waals surface area (Å²) in [6.07, 6.45) is 6.38. The summed E-state index contributed by atoms with van der Waals surface area (Å²) in [6.45, 7) is 3.17. The summed E-state index contributed by atoms with van der Waals surface area (Å²) in [6, 6.07) is 21.2. The summed E-state index contributed by atoms with van der Waals surface area (Å²) < 4.78 is 18.9. The molecule has 0 atom stereocenters. The van der Waals surface area contributed by atoms with Crippen molar-refractivity contribution in [3.63, 3.8) is 0 Å². The molecule has 1 aromatic heterocycles. The van der Waals surface area contributed by atoms with Crippen LogP contribution in [0.5, 0.6) is 17.2 Å². The summed E-state index contributed by atoms with van der Waals surface area (Å²) >= 11 is 13.5. The van der Waals surface area contributed by atoms with Crippen LogP contribution in [0.25, 0.3) is 23.0 Å². The Balaban J connectivity index is 1.42. The van der Waals surface area contributed by atoms with Gasteiger partial charge in [-0.2, -0.15) is 5.10 Å². The van der Waals surface area contributed by atoms with Crippen molar-refractivity contribution < 1.29 is 19.0 Å². The highest BCUT2D eigenvalue weighted by atomic mass is 35.5. The van der Waals surface area contributed by atoms with E-state index in [1.165, 1.54) is 11.8 Å². The lowest BCUT2D eigenvalue weighted by molar-refractivity contribution is -0.122. The summed E-state index contributed by atoms with van der Waals surface area (Å²) in [4.78, 5) is 15.7. The van der Waals surface area contributed by atoms with E-state index in [-0.39, 0.29) is 5.91 Å². The van der Waals surface area contributed by atoms with E-state index in [4.69, 9.17) is 43.1 Å². The fourth-order valence-corrected chi connectivity index (χ4v) is 6.17. The molecule has 4 aromatic rings. The van der Waals surface area contributed by atoms with Crippen molar-refractivity contribution in [1.82, 2.24) is 14.7 Å². The van der Waals surface area contributed by atoms with E-state index in [0.717, 1.165) is 35.2 Å². The molecule has 1 saturated heterocycles. The predicted octanol–water partition coefficient (Wildman–Crippen LogP) is 7.83. The fraction of sp³-hybridized carbons (Fsp3) is 0.242. The third kappa shape index (κ3) is 7.06. The van der Waals surface area contributed by atoms with Crippen LogP contribution in [0, 0.1) is 0 Å². The minimum absolute atomic E-state index is 0.133. The number of hydrogen-bond donors (Lipinski definition) is 0. The van der Waals surface area contributed by atoms with E-state index < -0.39 is 0 Å². The number of methoxy groups -OCH3 is 2. The molecule has 222 valence electrons. The number of thioether (sulfide) groups is 1. The number of para-hydroxylation sites is 1. The summed E-state index contributed by atoms with van der Waals surface area (Å²) in [5.41, 5.74) is 4.21. The van der Waals surface area contributed by atoms with Crippen molar-refractivity contribution in [2.24, 2.45) is 0 Å². The average molecular weight is 634 g/mol. The molecular formula is C33H32ClN3O4S2. The van der Waals surface area contributed by atoms with Gasteiger partial charge < -0.3 is 14.2 Å². The van der Waals surface area contributed by atoms with Crippen molar-refractivity contribution in [2.75, 3.05) is 27.4 Å². The lowest BCUT2D eigenvalue weighted by Crippen LogP contribution is -2.30. The summed E-state index contributed by atoms with van der Waals surface area (Å²) in [5, 5.41) is 5.40. The van der Waals surface area contributed by atoms with Crippen LogP contribution in [0.1, 0.15) is 30.9 Å². The molecule has 7 nitrogen and oxygen atoms in total. The molecular weight excluding hydrogens is 602 g/mol. The summed E-state index contributed by atoms with van der Waals surface area (Å²) in [7, 11) is 3.21. The van der Waals surface area contributed by atoms with Gasteiger partial charge in [-0.25, -0.2) is 4.68 Å². The molecule has 1 amide bonds. The van der Waals surface area contributed by atoms with Gasteiger partial charge in [-0.05, 0) is 66.9 Å². The Morgan fingerprint density at radius 3 is 2.49 bits per heavy atom. The molecule has 0 radical (unpaired) electrons. The maximum Gasteiger partial charge on any atom is 0.266 e. The van der Waals surface area contributed by atoms with Gasteiger partial charge in [0.15, 0.2) is 11.5 Å². The number of halogens is 1. The highest BCUT2D eigenvalue weighted by Crippen LogP contribution is 2.37. The van der Waals surface area contributed by atoms with Crippen LogP contribution >= 0.6 is 35.6 Å². The molecule has 2 heterocycles. The highest BCUT2D eigenvalue weighted by molar-refractivity contribution is 8.26. The number of carbonyl (C=O) groups is 1. The number of aromatic nitrogens is 2. The third-order valence-electron chi connectivity index (χ3n) is 6.96. The van der Waals surface area contributed by atoms with Gasteiger partial charge in [0.1, 0.15) is 15.8 Å². The van der Waals surface area contributed by atoms with Crippen LogP contribution < -0.4 is 14.2 Å². The smallest absolute Gasteiger partial charge is 0.266 e. The van der Waals surface area contributed by atoms with Crippen molar-refractivity contribution in [3.8, 4) is 34.2 Å². The van der Waals surface area contributed by atoms with Gasteiger partial charge in [-0.1, -0.05) is 73.2 Å². The molecule has 1 aliphatic rings. The van der Waals surface area contributed by atoms with E-state index in [1.54, 1.807) is 23.8 Å². The van der Waals surface area contributed by atoms with E-state index >= 15 is 0 Å². The van der Waals surface area contributed by atoms with E-state index in [0.29, 0.717) is 56.8 Å². The molecule has 0 N–H and O–H groups in total. The second-order valence-corrected chi connectivity index (χ2v) is 11.9. The third-order valence-corrected chi connectivity index (χ3v) is 8.63. The first-order valence-corrected chi connectivity index (χ1v) is 15.6. The minimum Gasteiger partial charge on any atom is -0.493 e. The molecule has 3 aromatic carbocycles. The normalized spacial score (nSPS) is 14.0. The monoisotopic (exact) mass is 633 g/mol. The van der Waals surface area contributed by atoms with Gasteiger partial charge in [-0.15, -0.1) is 0 Å². The molecule has 0 aliphatic carbocycles. The van der Waals surface area contributed by atoms with Crippen LogP contribution in [0.3, 0.4) is 0 Å². The molecule has 10 heteroatoms. The molecule has 0 saturated carbocycles. The van der Waals surface area contributed by atoms with Crippen molar-refractivity contribution in [2.45, 2.75) is 26.2 Å². The van der Waals surface area contributed by atoms with Crippen LogP contribution in [-0.4, -0.2) is 52.3 Å². The number of rotatable bonds is 12. The van der Waals surface area contributed by atoms with E-state index in [9.17, 15) is 4.79 Å². The van der Waals surface area contributed by atoms with Crippen LogP contribution in [-0.2, 0) is 11.2 Å². The molecule has 0 bridgehead atoms. The van der Waals surface area contributed by atoms with Gasteiger partial charge in [0.05, 0.1) is 36.4 Å². The van der Waals surface area contributed by atoms with Crippen LogP contribution in [0.4, 0.5) is 0 Å². The van der Waals surface area contributed by atoms with Gasteiger partial charge in [-0.3, -0.25) is 9.69 Å². The number of carbonyl (C=O) groups excluding carboxylic acids is 1. The standard InChI is InChI=1S/C33H32ClN3O4S2/c1-4-5-17-41-27-14-12-23(19-26(27)34)31-24(21-37(35-31)25-9-7-6-8-10-25)20-30-32(38)36(33(42)43-30)16-15-22-11-13-28(39-2)29(18-22)40-3/h6-14,18-21H,4-5,15-17H2,1-3H3/b30-20-. The lowest BCUT2D eigenvalue weighted by atomic mass is 10.1. The Labute approximate surface area is 266 Å². The minimum atomic E-state index is -0.133. The van der Waals surface area contributed by atoms with Crippen LogP contribution in [0.2, 0.25) is 5.02 Å². The second-order valence-electron chi connectivity index (χ2n) is 9.83. The quantitative estimate of drug-likeness (QED) is 0.0895. The number of ether oxygens (including phenoxy) is 3. The maximum absolute atomic E-state index is 13.6. The fourth-order valence-electron chi connectivity index (χ4n) is 4.63. The predicted molar refractivity (Wildman–Crippen MR) is 178 cm³/mol. The molecule has 0 spiro atoms. The zero-order valence-corrected chi connectivity index (χ0v) is 26.6. The van der Waals surface area contributed by atoms with E-state index in [2.05, 4.69) is 6.92 Å². The number of nitrogens with zero attached hydrogens (tertiary/aromatic N) is 3. The first-order valence-electron chi connectivity index (χ1n) is 14.0. The van der Waals surface area contributed by atoms with E-state index in [1.807, 2.05) is 79.0 Å². The van der Waals surface area contributed by atoms with Crippen molar-refractivity contribution in [1.29, 1.82) is 0 Å². The Hall–Kier alpha value is -3.79. The number of thiocarbonyl (C=S) groups is 1. The number of hydrogen-bond acceptors (Lipinski definition) is 7. The largest absolute Gasteiger partial charge is 0.493 e. The second kappa shape index (κ2) is 14.1. The lowest BCUT2D eigenvalue weighted by Gasteiger charge is -2.15. The van der Waals surface area contributed by atoms with Crippen molar-refractivity contribution >= 4 is 51.9 Å². The molecule has 5 rings (SSSR count).